The van der Waals surface area contributed by atoms with E-state index in [2.05, 4.69) is 58.5 Å². The van der Waals surface area contributed by atoms with Crippen LogP contribution in [0.15, 0.2) is 66.7 Å². The molecule has 27 heavy (non-hydrogen) atoms. The third-order valence-electron chi connectivity index (χ3n) is 5.29. The number of nitrogens with one attached hydrogen (secondary N) is 2. The fourth-order valence-electron chi connectivity index (χ4n) is 3.87. The summed E-state index contributed by atoms with van der Waals surface area (Å²) in [5.74, 6) is 1.91. The molecule has 0 unspecified atom stereocenters. The molecule has 130 valence electrons. The van der Waals surface area contributed by atoms with Crippen LogP contribution in [0.4, 0.5) is 0 Å². The number of para-hydroxylation sites is 2. The number of rotatable bonds is 2. The fourth-order valence-corrected chi connectivity index (χ4v) is 3.87. The van der Waals surface area contributed by atoms with Crippen molar-refractivity contribution < 1.29 is 4.74 Å². The smallest absolute Gasteiger partial charge is 0.138 e. The molecule has 0 atom stereocenters. The van der Waals surface area contributed by atoms with Crippen LogP contribution in [-0.2, 0) is 6.42 Å². The normalized spacial score (nSPS) is 13.2. The topological polar surface area (TPSA) is 53.7 Å². The van der Waals surface area contributed by atoms with E-state index in [9.17, 15) is 0 Å². The zero-order valence-electron chi connectivity index (χ0n) is 14.6. The van der Waals surface area contributed by atoms with Crippen LogP contribution in [0.3, 0.4) is 0 Å². The molecule has 2 N–H and O–H groups in total. The maximum absolute atomic E-state index is 5.62. The molecular formula is C23H17N3O. The number of imidazole rings is 1. The summed E-state index contributed by atoms with van der Waals surface area (Å²) in [5.41, 5.74) is 7.84. The van der Waals surface area contributed by atoms with Crippen molar-refractivity contribution in [2.24, 2.45) is 0 Å². The van der Waals surface area contributed by atoms with E-state index in [1.165, 1.54) is 16.5 Å². The summed E-state index contributed by atoms with van der Waals surface area (Å²) < 4.78 is 5.62. The van der Waals surface area contributed by atoms with Gasteiger partial charge in [-0.25, -0.2) is 4.98 Å². The van der Waals surface area contributed by atoms with Crippen molar-refractivity contribution in [3.8, 4) is 28.4 Å². The van der Waals surface area contributed by atoms with E-state index >= 15 is 0 Å². The van der Waals surface area contributed by atoms with Crippen LogP contribution in [0.1, 0.15) is 5.56 Å². The van der Waals surface area contributed by atoms with Gasteiger partial charge in [0.2, 0.25) is 0 Å². The number of nitrogens with zero attached hydrogens (tertiary/aromatic N) is 1. The van der Waals surface area contributed by atoms with Crippen LogP contribution >= 0.6 is 0 Å². The van der Waals surface area contributed by atoms with E-state index in [0.717, 1.165) is 52.4 Å². The van der Waals surface area contributed by atoms with Crippen LogP contribution in [0.2, 0.25) is 0 Å². The zero-order chi connectivity index (χ0) is 17.8. The lowest BCUT2D eigenvalue weighted by Gasteiger charge is -2.02. The van der Waals surface area contributed by atoms with Crippen LogP contribution in [-0.4, -0.2) is 21.6 Å². The van der Waals surface area contributed by atoms with Crippen molar-refractivity contribution in [2.75, 3.05) is 6.61 Å². The molecule has 0 spiro atoms. The van der Waals surface area contributed by atoms with Crippen molar-refractivity contribution in [2.45, 2.75) is 6.42 Å². The molecule has 0 radical (unpaired) electrons. The first-order valence-corrected chi connectivity index (χ1v) is 9.17. The summed E-state index contributed by atoms with van der Waals surface area (Å²) >= 11 is 0. The summed E-state index contributed by atoms with van der Waals surface area (Å²) in [7, 11) is 0. The van der Waals surface area contributed by atoms with Gasteiger partial charge in [-0.1, -0.05) is 24.3 Å². The molecule has 1 aliphatic rings. The number of hydrogen-bond acceptors (Lipinski definition) is 2. The molecule has 4 nitrogen and oxygen atoms in total. The fraction of sp³-hybridized carbons (Fsp3) is 0.0870. The first-order chi connectivity index (χ1) is 13.3. The van der Waals surface area contributed by atoms with Crippen molar-refractivity contribution in [3.05, 3.63) is 72.3 Å². The largest absolute Gasteiger partial charge is 0.493 e. The van der Waals surface area contributed by atoms with Gasteiger partial charge in [0.25, 0.3) is 0 Å². The zero-order valence-corrected chi connectivity index (χ0v) is 14.6. The Hall–Kier alpha value is -3.53. The lowest BCUT2D eigenvalue weighted by molar-refractivity contribution is 0.357. The van der Waals surface area contributed by atoms with E-state index in [1.54, 1.807) is 0 Å². The van der Waals surface area contributed by atoms with E-state index in [4.69, 9.17) is 9.72 Å². The number of fused-ring (bicyclic) bond motifs is 3. The van der Waals surface area contributed by atoms with Gasteiger partial charge >= 0.3 is 0 Å². The lowest BCUT2D eigenvalue weighted by atomic mass is 10.1. The Bertz CT molecular complexity index is 1280. The molecule has 0 saturated heterocycles. The van der Waals surface area contributed by atoms with Crippen LogP contribution < -0.4 is 4.74 Å². The Kier molecular flexibility index (Phi) is 2.97. The summed E-state index contributed by atoms with van der Waals surface area (Å²) in [6, 6.07) is 23.2. The van der Waals surface area contributed by atoms with Gasteiger partial charge in [-0.05, 0) is 53.6 Å². The van der Waals surface area contributed by atoms with Crippen molar-refractivity contribution in [3.63, 3.8) is 0 Å². The first-order valence-electron chi connectivity index (χ1n) is 9.17. The molecule has 4 heteroatoms. The second-order valence-corrected chi connectivity index (χ2v) is 7.01. The van der Waals surface area contributed by atoms with Crippen molar-refractivity contribution >= 4 is 21.9 Å². The summed E-state index contributed by atoms with van der Waals surface area (Å²) in [4.78, 5) is 11.7. The van der Waals surface area contributed by atoms with E-state index in [-0.39, 0.29) is 0 Å². The molecule has 2 aromatic heterocycles. The summed E-state index contributed by atoms with van der Waals surface area (Å²) in [6.45, 7) is 0.784. The first kappa shape index (κ1) is 14.6. The number of hydrogen-bond donors (Lipinski definition) is 2. The van der Waals surface area contributed by atoms with E-state index in [1.807, 2.05) is 18.2 Å². The summed E-state index contributed by atoms with van der Waals surface area (Å²) in [6.07, 6.45) is 0.986. The van der Waals surface area contributed by atoms with E-state index in [0.29, 0.717) is 0 Å². The second kappa shape index (κ2) is 5.48. The predicted molar refractivity (Wildman–Crippen MR) is 108 cm³/mol. The Morgan fingerprint density at radius 2 is 1.74 bits per heavy atom. The Morgan fingerprint density at radius 3 is 2.70 bits per heavy atom. The van der Waals surface area contributed by atoms with Crippen LogP contribution in [0.5, 0.6) is 5.75 Å². The van der Waals surface area contributed by atoms with Gasteiger partial charge < -0.3 is 14.7 Å². The summed E-state index contributed by atoms with van der Waals surface area (Å²) in [5, 5.41) is 1.20. The third kappa shape index (κ3) is 2.34. The molecule has 3 heterocycles. The number of aromatic nitrogens is 3. The van der Waals surface area contributed by atoms with Gasteiger partial charge in [0.05, 0.1) is 17.6 Å². The van der Waals surface area contributed by atoms with Gasteiger partial charge in [-0.15, -0.1) is 0 Å². The quantitative estimate of drug-likeness (QED) is 0.453. The molecule has 1 aliphatic heterocycles. The minimum atomic E-state index is 0.784. The Balaban J connectivity index is 1.43. The monoisotopic (exact) mass is 351 g/mol. The van der Waals surface area contributed by atoms with Crippen molar-refractivity contribution in [1.29, 1.82) is 0 Å². The molecule has 0 saturated carbocycles. The molecule has 0 amide bonds. The van der Waals surface area contributed by atoms with Gasteiger partial charge in [0.15, 0.2) is 0 Å². The number of ether oxygens (including phenoxy) is 1. The van der Waals surface area contributed by atoms with Crippen LogP contribution in [0, 0.1) is 0 Å². The van der Waals surface area contributed by atoms with Gasteiger partial charge in [0, 0.05) is 28.6 Å². The number of aromatic amines is 2. The Morgan fingerprint density at radius 1 is 0.815 bits per heavy atom. The predicted octanol–water partition coefficient (Wildman–Crippen LogP) is 5.31. The molecule has 6 rings (SSSR count). The average Bonchev–Trinajstić information content (AvgIpc) is 3.42. The van der Waals surface area contributed by atoms with E-state index < -0.39 is 0 Å². The maximum atomic E-state index is 5.62. The van der Waals surface area contributed by atoms with Crippen LogP contribution in [0.25, 0.3) is 44.6 Å². The molecule has 3 aromatic carbocycles. The standard InChI is InChI=1S/C23H17N3O/c1-2-4-19-18(3-1)25-23(26-19)17-6-5-15-12-20(24-21(15)13-17)14-7-8-22-16(11-14)9-10-27-22/h1-8,11-13,24H,9-10H2,(H,25,26). The molecule has 0 bridgehead atoms. The molecule has 0 aliphatic carbocycles. The van der Waals surface area contributed by atoms with Gasteiger partial charge in [-0.2, -0.15) is 0 Å². The highest BCUT2D eigenvalue weighted by Crippen LogP contribution is 2.32. The number of benzene rings is 3. The molecule has 0 fully saturated rings. The maximum Gasteiger partial charge on any atom is 0.138 e. The molecule has 5 aromatic rings. The lowest BCUT2D eigenvalue weighted by Crippen LogP contribution is -1.85. The van der Waals surface area contributed by atoms with Crippen molar-refractivity contribution in [1.82, 2.24) is 15.0 Å². The number of H-pyrrole nitrogens is 2. The second-order valence-electron chi connectivity index (χ2n) is 7.01. The minimum absolute atomic E-state index is 0.784. The average molecular weight is 351 g/mol. The van der Waals surface area contributed by atoms with Gasteiger partial charge in [-0.3, -0.25) is 0 Å². The SMILES string of the molecule is c1ccc2[nH]c(-c3ccc4cc(-c5ccc6c(c5)CCO6)[nH]c4c3)nc2c1. The third-order valence-corrected chi connectivity index (χ3v) is 5.29. The minimum Gasteiger partial charge on any atom is -0.493 e. The Labute approximate surface area is 155 Å². The van der Waals surface area contributed by atoms with Gasteiger partial charge in [0.1, 0.15) is 11.6 Å². The highest BCUT2D eigenvalue weighted by atomic mass is 16.5. The highest BCUT2D eigenvalue weighted by molar-refractivity contribution is 5.90. The highest BCUT2D eigenvalue weighted by Gasteiger charge is 2.14. The molecular weight excluding hydrogens is 334 g/mol.